The topological polar surface area (TPSA) is 86.6 Å². The van der Waals surface area contributed by atoms with E-state index in [0.717, 1.165) is 11.3 Å². The lowest BCUT2D eigenvalue weighted by molar-refractivity contribution is 0.385. The van der Waals surface area contributed by atoms with Crippen molar-refractivity contribution in [3.63, 3.8) is 0 Å². The zero-order valence-electron chi connectivity index (χ0n) is 14.3. The molecule has 1 saturated heterocycles. The number of sulfonamides is 1. The Morgan fingerprint density at radius 2 is 1.81 bits per heavy atom. The van der Waals surface area contributed by atoms with Crippen molar-refractivity contribution in [2.75, 3.05) is 31.1 Å². The van der Waals surface area contributed by atoms with Gasteiger partial charge < -0.3 is 9.32 Å². The second kappa shape index (κ2) is 6.30. The molecule has 0 amide bonds. The average Bonchev–Trinajstić information content (AvgIpc) is 3.01. The highest BCUT2D eigenvalue weighted by atomic mass is 32.2. The van der Waals surface area contributed by atoms with Crippen LogP contribution in [0.3, 0.4) is 0 Å². The number of aromatic nitrogens is 1. The Morgan fingerprint density at radius 1 is 1.04 bits per heavy atom. The molecule has 0 bridgehead atoms. The number of rotatable bonds is 3. The molecule has 1 N–H and O–H groups in total. The average molecular weight is 373 g/mol. The molecule has 1 aromatic heterocycles. The lowest BCUT2D eigenvalue weighted by atomic mass is 10.2. The number of benzene rings is 2. The molecule has 2 aromatic carbocycles. The molecule has 3 aromatic rings. The lowest BCUT2D eigenvalue weighted by Crippen LogP contribution is -2.48. The number of aryl methyl sites for hydroxylation is 1. The number of anilines is 1. The van der Waals surface area contributed by atoms with E-state index in [0.29, 0.717) is 42.2 Å². The molecule has 1 fully saturated rings. The fourth-order valence-corrected chi connectivity index (χ4v) is 4.77. The van der Waals surface area contributed by atoms with E-state index in [2.05, 4.69) is 9.88 Å². The Balaban J connectivity index is 1.52. The summed E-state index contributed by atoms with van der Waals surface area (Å²) in [6.07, 6.45) is 0. The van der Waals surface area contributed by atoms with Crippen LogP contribution in [0.4, 0.5) is 5.69 Å². The monoisotopic (exact) mass is 373 g/mol. The van der Waals surface area contributed by atoms with Gasteiger partial charge in [-0.2, -0.15) is 4.31 Å². The number of fused-ring (bicyclic) bond motifs is 1. The van der Waals surface area contributed by atoms with E-state index in [-0.39, 0.29) is 0 Å². The Morgan fingerprint density at radius 3 is 2.54 bits per heavy atom. The summed E-state index contributed by atoms with van der Waals surface area (Å²) in [5.74, 6) is -0.480. The van der Waals surface area contributed by atoms with Crippen LogP contribution in [-0.4, -0.2) is 43.9 Å². The number of oxazole rings is 1. The quantitative estimate of drug-likeness (QED) is 0.758. The summed E-state index contributed by atoms with van der Waals surface area (Å²) in [6.45, 7) is 3.85. The van der Waals surface area contributed by atoms with Gasteiger partial charge in [-0.05, 0) is 36.8 Å². The van der Waals surface area contributed by atoms with Crippen LogP contribution in [0.25, 0.3) is 11.1 Å². The van der Waals surface area contributed by atoms with E-state index in [4.69, 9.17) is 4.42 Å². The Labute approximate surface area is 150 Å². The second-order valence-corrected chi connectivity index (χ2v) is 8.34. The number of H-pyrrole nitrogens is 1. The summed E-state index contributed by atoms with van der Waals surface area (Å²) in [4.78, 5) is 16.3. The van der Waals surface area contributed by atoms with Crippen molar-refractivity contribution in [2.45, 2.75) is 11.8 Å². The third-order valence-corrected chi connectivity index (χ3v) is 6.53. The number of nitrogens with one attached hydrogen (secondary N) is 1. The smallest absolute Gasteiger partial charge is 0.408 e. The molecule has 7 nitrogen and oxygen atoms in total. The van der Waals surface area contributed by atoms with Gasteiger partial charge in [-0.3, -0.25) is 4.98 Å². The molecule has 0 unspecified atom stereocenters. The molecule has 8 heteroatoms. The Hall–Kier alpha value is -2.58. The number of hydrogen-bond acceptors (Lipinski definition) is 5. The second-order valence-electron chi connectivity index (χ2n) is 6.40. The molecule has 136 valence electrons. The first-order valence-corrected chi connectivity index (χ1v) is 9.82. The molecule has 0 spiro atoms. The van der Waals surface area contributed by atoms with Crippen LogP contribution in [0.5, 0.6) is 0 Å². The summed E-state index contributed by atoms with van der Waals surface area (Å²) in [7, 11) is -3.48. The van der Waals surface area contributed by atoms with Crippen LogP contribution in [-0.2, 0) is 10.0 Å². The summed E-state index contributed by atoms with van der Waals surface area (Å²) < 4.78 is 32.2. The maximum Gasteiger partial charge on any atom is 0.417 e. The first-order valence-electron chi connectivity index (χ1n) is 8.38. The molecule has 4 rings (SSSR count). The lowest BCUT2D eigenvalue weighted by Gasteiger charge is -2.35. The molecule has 26 heavy (non-hydrogen) atoms. The predicted octanol–water partition coefficient (Wildman–Crippen LogP) is 1.94. The minimum absolute atomic E-state index is 0.335. The Kier molecular flexibility index (Phi) is 4.08. The summed E-state index contributed by atoms with van der Waals surface area (Å²) in [5, 5.41) is 0. The first kappa shape index (κ1) is 16.9. The van der Waals surface area contributed by atoms with E-state index in [1.54, 1.807) is 30.3 Å². The van der Waals surface area contributed by atoms with Crippen LogP contribution in [0.2, 0.25) is 0 Å². The van der Waals surface area contributed by atoms with Crippen molar-refractivity contribution in [3.05, 3.63) is 58.6 Å². The van der Waals surface area contributed by atoms with Crippen molar-refractivity contribution >= 4 is 26.8 Å². The highest BCUT2D eigenvalue weighted by Gasteiger charge is 2.28. The number of hydrogen-bond donors (Lipinski definition) is 1. The highest BCUT2D eigenvalue weighted by Crippen LogP contribution is 2.24. The van der Waals surface area contributed by atoms with Gasteiger partial charge in [-0.15, -0.1) is 0 Å². The van der Waals surface area contributed by atoms with Gasteiger partial charge in [0.15, 0.2) is 5.58 Å². The Bertz CT molecular complexity index is 1110. The van der Waals surface area contributed by atoms with E-state index in [1.165, 1.54) is 4.31 Å². The van der Waals surface area contributed by atoms with Crippen LogP contribution in [0.1, 0.15) is 5.56 Å². The molecule has 0 radical (unpaired) electrons. The van der Waals surface area contributed by atoms with Crippen LogP contribution in [0, 0.1) is 6.92 Å². The highest BCUT2D eigenvalue weighted by molar-refractivity contribution is 7.89. The standard InChI is InChI=1S/C18H19N3O4S/c1-13-3-2-4-15(11-13)26(23,24)21-9-7-20(8-10-21)14-5-6-16-17(12-14)25-18(22)19-16/h2-6,11-12H,7-10H2,1H3,(H,19,22). The normalized spacial score (nSPS) is 16.3. The van der Waals surface area contributed by atoms with Crippen molar-refractivity contribution in [3.8, 4) is 0 Å². The fourth-order valence-electron chi connectivity index (χ4n) is 3.24. The molecular weight excluding hydrogens is 354 g/mol. The minimum atomic E-state index is -3.48. The molecule has 2 heterocycles. The van der Waals surface area contributed by atoms with Gasteiger partial charge in [0, 0.05) is 37.9 Å². The maximum atomic E-state index is 12.8. The zero-order chi connectivity index (χ0) is 18.3. The van der Waals surface area contributed by atoms with Gasteiger partial charge in [0.2, 0.25) is 10.0 Å². The molecule has 1 aliphatic rings. The van der Waals surface area contributed by atoms with E-state index in [1.807, 2.05) is 19.1 Å². The SMILES string of the molecule is Cc1cccc(S(=O)(=O)N2CCN(c3ccc4[nH]c(=O)oc4c3)CC2)c1. The van der Waals surface area contributed by atoms with Crippen molar-refractivity contribution < 1.29 is 12.8 Å². The summed E-state index contributed by atoms with van der Waals surface area (Å²) in [5.41, 5.74) is 2.99. The summed E-state index contributed by atoms with van der Waals surface area (Å²) >= 11 is 0. The fraction of sp³-hybridized carbons (Fsp3) is 0.278. The molecular formula is C18H19N3O4S. The maximum absolute atomic E-state index is 12.8. The molecule has 0 aliphatic carbocycles. The van der Waals surface area contributed by atoms with Crippen LogP contribution < -0.4 is 10.7 Å². The van der Waals surface area contributed by atoms with Crippen LogP contribution in [0.15, 0.2) is 56.6 Å². The summed E-state index contributed by atoms with van der Waals surface area (Å²) in [6, 6.07) is 12.5. The number of nitrogens with zero attached hydrogens (tertiary/aromatic N) is 2. The molecule has 0 atom stereocenters. The zero-order valence-corrected chi connectivity index (χ0v) is 15.1. The molecule has 1 aliphatic heterocycles. The predicted molar refractivity (Wildman–Crippen MR) is 99.0 cm³/mol. The third-order valence-electron chi connectivity index (χ3n) is 4.64. The molecule has 0 saturated carbocycles. The number of aromatic amines is 1. The van der Waals surface area contributed by atoms with E-state index >= 15 is 0 Å². The van der Waals surface area contributed by atoms with Crippen molar-refractivity contribution in [1.82, 2.24) is 9.29 Å². The van der Waals surface area contributed by atoms with Crippen molar-refractivity contribution in [1.29, 1.82) is 0 Å². The minimum Gasteiger partial charge on any atom is -0.408 e. The van der Waals surface area contributed by atoms with Gasteiger partial charge in [0.25, 0.3) is 0 Å². The van der Waals surface area contributed by atoms with Gasteiger partial charge in [-0.25, -0.2) is 13.2 Å². The van der Waals surface area contributed by atoms with Crippen molar-refractivity contribution in [2.24, 2.45) is 0 Å². The van der Waals surface area contributed by atoms with Crippen LogP contribution >= 0.6 is 0 Å². The largest absolute Gasteiger partial charge is 0.417 e. The van der Waals surface area contributed by atoms with Gasteiger partial charge in [0.05, 0.1) is 10.4 Å². The van der Waals surface area contributed by atoms with E-state index < -0.39 is 15.8 Å². The third kappa shape index (κ3) is 3.02. The van der Waals surface area contributed by atoms with Gasteiger partial charge >= 0.3 is 5.76 Å². The first-order chi connectivity index (χ1) is 12.4. The number of piperazine rings is 1. The van der Waals surface area contributed by atoms with E-state index in [9.17, 15) is 13.2 Å². The van der Waals surface area contributed by atoms with Gasteiger partial charge in [-0.1, -0.05) is 12.1 Å². The van der Waals surface area contributed by atoms with Gasteiger partial charge in [0.1, 0.15) is 0 Å².